The molecule has 1 atom stereocenters. The summed E-state index contributed by atoms with van der Waals surface area (Å²) in [6.07, 6.45) is 2.22. The van der Waals surface area contributed by atoms with Gasteiger partial charge in [-0.2, -0.15) is 0 Å². The van der Waals surface area contributed by atoms with Gasteiger partial charge in [0.1, 0.15) is 12.1 Å². The molecule has 1 fully saturated rings. The van der Waals surface area contributed by atoms with E-state index in [1.165, 1.54) is 11.8 Å². The number of hydrogen-bond donors (Lipinski definition) is 0. The number of benzene rings is 1. The molecule has 0 bridgehead atoms. The second kappa shape index (κ2) is 7.29. The van der Waals surface area contributed by atoms with Crippen LogP contribution in [0.15, 0.2) is 40.1 Å². The largest absolute Gasteiger partial charge is 0.444 e. The molecule has 7 nitrogen and oxygen atoms in total. The molecule has 3 heterocycles. The maximum Gasteiger partial charge on any atom is 0.226 e. The van der Waals surface area contributed by atoms with E-state index in [4.69, 9.17) is 16.0 Å². The van der Waals surface area contributed by atoms with E-state index in [0.29, 0.717) is 23.1 Å². The molecule has 0 saturated carbocycles. The summed E-state index contributed by atoms with van der Waals surface area (Å²) >= 11 is 7.49. The van der Waals surface area contributed by atoms with Gasteiger partial charge in [-0.15, -0.1) is 10.2 Å². The maximum absolute atomic E-state index is 11.7. The molecule has 142 valence electrons. The lowest BCUT2D eigenvalue weighted by molar-refractivity contribution is 0.573. The Balaban J connectivity index is 1.44. The molecule has 1 aliphatic heterocycles. The van der Waals surface area contributed by atoms with E-state index < -0.39 is 9.84 Å². The fourth-order valence-corrected chi connectivity index (χ4v) is 5.80. The van der Waals surface area contributed by atoms with Gasteiger partial charge in [-0.05, 0) is 24.6 Å². The third-order valence-corrected chi connectivity index (χ3v) is 7.50. The molecule has 0 spiro atoms. The van der Waals surface area contributed by atoms with Gasteiger partial charge in [0.2, 0.25) is 5.89 Å². The predicted octanol–water partition coefficient (Wildman–Crippen LogP) is 3.32. The molecular formula is C17H17ClN4O3S2. The second-order valence-electron chi connectivity index (χ2n) is 6.44. The van der Waals surface area contributed by atoms with Crippen molar-refractivity contribution in [3.8, 4) is 11.5 Å². The maximum atomic E-state index is 11.7. The van der Waals surface area contributed by atoms with Crippen LogP contribution in [0.4, 0.5) is 0 Å². The zero-order valence-corrected chi connectivity index (χ0v) is 16.9. The van der Waals surface area contributed by atoms with Crippen molar-refractivity contribution in [3.63, 3.8) is 0 Å². The SMILES string of the molecule is Cn1c(SCc2coc(-c3cccc(Cl)c3)n2)nnc1C1CCS(=O)(=O)C1. The first-order chi connectivity index (χ1) is 12.9. The molecule has 1 aliphatic rings. The Kier molecular flexibility index (Phi) is 5.00. The van der Waals surface area contributed by atoms with Gasteiger partial charge < -0.3 is 8.98 Å². The Morgan fingerprint density at radius 1 is 1.37 bits per heavy atom. The van der Waals surface area contributed by atoms with Gasteiger partial charge in [0.05, 0.1) is 17.2 Å². The van der Waals surface area contributed by atoms with Crippen LogP contribution < -0.4 is 0 Å². The van der Waals surface area contributed by atoms with Gasteiger partial charge in [-0.25, -0.2) is 13.4 Å². The van der Waals surface area contributed by atoms with E-state index in [-0.39, 0.29) is 17.4 Å². The minimum absolute atomic E-state index is 0.0802. The van der Waals surface area contributed by atoms with Crippen LogP contribution in [0.3, 0.4) is 0 Å². The number of halogens is 1. The lowest BCUT2D eigenvalue weighted by Crippen LogP contribution is -2.09. The molecule has 3 aromatic rings. The quantitative estimate of drug-likeness (QED) is 0.580. The Morgan fingerprint density at radius 3 is 2.96 bits per heavy atom. The normalized spacial score (nSPS) is 18.8. The van der Waals surface area contributed by atoms with E-state index in [9.17, 15) is 8.42 Å². The number of sulfone groups is 1. The first-order valence-corrected chi connectivity index (χ1v) is 11.5. The van der Waals surface area contributed by atoms with Crippen LogP contribution in [0.1, 0.15) is 23.9 Å². The minimum Gasteiger partial charge on any atom is -0.444 e. The Bertz CT molecular complexity index is 1080. The van der Waals surface area contributed by atoms with Gasteiger partial charge in [0.25, 0.3) is 0 Å². The molecule has 10 heteroatoms. The van der Waals surface area contributed by atoms with Crippen molar-refractivity contribution in [2.75, 3.05) is 11.5 Å². The molecule has 2 aromatic heterocycles. The third kappa shape index (κ3) is 4.04. The molecule has 27 heavy (non-hydrogen) atoms. The molecule has 1 aromatic carbocycles. The van der Waals surface area contributed by atoms with Crippen molar-refractivity contribution >= 4 is 33.2 Å². The van der Waals surface area contributed by atoms with Crippen molar-refractivity contribution in [1.29, 1.82) is 0 Å². The van der Waals surface area contributed by atoms with Crippen LogP contribution in [0.5, 0.6) is 0 Å². The second-order valence-corrected chi connectivity index (χ2v) is 10.1. The Hall–Kier alpha value is -1.84. The fraction of sp³-hybridized carbons (Fsp3) is 0.353. The number of rotatable bonds is 5. The van der Waals surface area contributed by atoms with Gasteiger partial charge in [-0.1, -0.05) is 29.4 Å². The van der Waals surface area contributed by atoms with Crippen molar-refractivity contribution < 1.29 is 12.8 Å². The average Bonchev–Trinajstić information content (AvgIpc) is 3.32. The summed E-state index contributed by atoms with van der Waals surface area (Å²) in [7, 11) is -1.09. The zero-order valence-electron chi connectivity index (χ0n) is 14.5. The van der Waals surface area contributed by atoms with E-state index in [0.717, 1.165) is 22.2 Å². The smallest absolute Gasteiger partial charge is 0.226 e. The van der Waals surface area contributed by atoms with Crippen LogP contribution in [0, 0.1) is 0 Å². The summed E-state index contributed by atoms with van der Waals surface area (Å²) in [6.45, 7) is 0. The van der Waals surface area contributed by atoms with E-state index >= 15 is 0 Å². The van der Waals surface area contributed by atoms with Gasteiger partial charge in [0.15, 0.2) is 15.0 Å². The van der Waals surface area contributed by atoms with Crippen LogP contribution >= 0.6 is 23.4 Å². The molecule has 1 unspecified atom stereocenters. The number of nitrogens with zero attached hydrogens (tertiary/aromatic N) is 4. The van der Waals surface area contributed by atoms with Crippen LogP contribution in [0.25, 0.3) is 11.5 Å². The zero-order chi connectivity index (χ0) is 19.0. The van der Waals surface area contributed by atoms with Crippen LogP contribution in [0.2, 0.25) is 5.02 Å². The minimum atomic E-state index is -2.95. The molecule has 4 rings (SSSR count). The molecular weight excluding hydrogens is 408 g/mol. The summed E-state index contributed by atoms with van der Waals surface area (Å²) in [4.78, 5) is 4.49. The van der Waals surface area contributed by atoms with Gasteiger partial charge >= 0.3 is 0 Å². The highest BCUT2D eigenvalue weighted by Crippen LogP contribution is 2.30. The highest BCUT2D eigenvalue weighted by molar-refractivity contribution is 7.98. The number of oxazole rings is 1. The summed E-state index contributed by atoms with van der Waals surface area (Å²) in [5.41, 5.74) is 1.60. The van der Waals surface area contributed by atoms with Gasteiger partial charge in [0, 0.05) is 29.3 Å². The molecule has 0 N–H and O–H groups in total. The molecule has 1 saturated heterocycles. The molecule has 0 radical (unpaired) electrons. The standard InChI is InChI=1S/C17H17ClN4O3S2/c1-22-15(12-5-6-27(23,24)10-12)20-21-17(22)26-9-14-8-25-16(19-14)11-3-2-4-13(18)7-11/h2-4,7-8,12H,5-6,9-10H2,1H3. The summed E-state index contributed by atoms with van der Waals surface area (Å²) in [5.74, 6) is 2.09. The van der Waals surface area contributed by atoms with Gasteiger partial charge in [-0.3, -0.25) is 0 Å². The van der Waals surface area contributed by atoms with Crippen LogP contribution in [-0.4, -0.2) is 39.7 Å². The van der Waals surface area contributed by atoms with Crippen molar-refractivity contribution in [2.45, 2.75) is 23.2 Å². The Labute approximate surface area is 166 Å². The summed E-state index contributed by atoms with van der Waals surface area (Å²) in [6, 6.07) is 7.33. The predicted molar refractivity (Wildman–Crippen MR) is 104 cm³/mol. The van der Waals surface area contributed by atoms with Crippen molar-refractivity contribution in [1.82, 2.24) is 19.7 Å². The number of thioether (sulfide) groups is 1. The first-order valence-electron chi connectivity index (χ1n) is 8.34. The summed E-state index contributed by atoms with van der Waals surface area (Å²) in [5, 5.41) is 9.76. The van der Waals surface area contributed by atoms with E-state index in [2.05, 4.69) is 15.2 Å². The highest BCUT2D eigenvalue weighted by Gasteiger charge is 2.32. The lowest BCUT2D eigenvalue weighted by Gasteiger charge is -2.07. The topological polar surface area (TPSA) is 90.9 Å². The molecule has 0 aliphatic carbocycles. The first kappa shape index (κ1) is 18.5. The molecule has 0 amide bonds. The highest BCUT2D eigenvalue weighted by atomic mass is 35.5. The number of aromatic nitrogens is 4. The van der Waals surface area contributed by atoms with Crippen molar-refractivity contribution in [2.24, 2.45) is 7.05 Å². The average molecular weight is 425 g/mol. The monoisotopic (exact) mass is 424 g/mol. The lowest BCUT2D eigenvalue weighted by atomic mass is 10.1. The Morgan fingerprint density at radius 2 is 2.22 bits per heavy atom. The fourth-order valence-electron chi connectivity index (χ4n) is 3.07. The van der Waals surface area contributed by atoms with Crippen molar-refractivity contribution in [3.05, 3.63) is 47.1 Å². The number of hydrogen-bond acceptors (Lipinski definition) is 7. The summed E-state index contributed by atoms with van der Waals surface area (Å²) < 4.78 is 30.8. The van der Waals surface area contributed by atoms with Crippen LogP contribution in [-0.2, 0) is 22.6 Å². The third-order valence-electron chi connectivity index (χ3n) is 4.44. The van der Waals surface area contributed by atoms with E-state index in [1.807, 2.05) is 23.7 Å². The van der Waals surface area contributed by atoms with E-state index in [1.54, 1.807) is 18.4 Å².